The predicted molar refractivity (Wildman–Crippen MR) is 103 cm³/mol. The number of likely N-dealkylation sites (N-methyl/N-ethyl adjacent to an activating group) is 1. The fraction of sp³-hybridized carbons (Fsp3) is 0.211. The van der Waals surface area contributed by atoms with Crippen LogP contribution in [-0.2, 0) is 14.3 Å². The van der Waals surface area contributed by atoms with Crippen LogP contribution in [0.25, 0.3) is 0 Å². The van der Waals surface area contributed by atoms with Crippen LogP contribution in [-0.4, -0.2) is 55.1 Å². The number of phenols is 1. The third kappa shape index (κ3) is 5.88. The normalized spacial score (nSPS) is 10.1. The lowest BCUT2D eigenvalue weighted by Gasteiger charge is -2.17. The molecule has 0 radical (unpaired) electrons. The quantitative estimate of drug-likeness (QED) is 0.683. The Morgan fingerprint density at radius 2 is 1.93 bits per heavy atom. The topological polar surface area (TPSA) is 105 Å². The van der Waals surface area contributed by atoms with Crippen molar-refractivity contribution in [2.45, 2.75) is 0 Å². The summed E-state index contributed by atoms with van der Waals surface area (Å²) < 4.78 is 9.95. The molecule has 0 spiro atoms. The van der Waals surface area contributed by atoms with Crippen LogP contribution in [0, 0.1) is 0 Å². The summed E-state index contributed by atoms with van der Waals surface area (Å²) in [5, 5.41) is 12.5. The van der Waals surface area contributed by atoms with Crippen LogP contribution in [0.4, 0.5) is 5.69 Å². The van der Waals surface area contributed by atoms with Crippen LogP contribution < -0.4 is 10.1 Å². The molecular weight excluding hydrogens is 388 g/mol. The first-order chi connectivity index (χ1) is 13.3. The second-order valence-electron chi connectivity index (χ2n) is 5.77. The fourth-order valence-electron chi connectivity index (χ4n) is 2.19. The van der Waals surface area contributed by atoms with Crippen molar-refractivity contribution in [2.24, 2.45) is 0 Å². The van der Waals surface area contributed by atoms with Crippen LogP contribution in [0.5, 0.6) is 11.5 Å². The van der Waals surface area contributed by atoms with Gasteiger partial charge in [0.2, 0.25) is 5.91 Å². The average Bonchev–Trinajstić information content (AvgIpc) is 2.67. The molecule has 0 aliphatic carbocycles. The number of carbonyl (C=O) groups excluding carboxylic acids is 3. The number of benzene rings is 2. The molecule has 148 valence electrons. The Balaban J connectivity index is 1.85. The molecule has 8 nitrogen and oxygen atoms in total. The Morgan fingerprint density at radius 1 is 1.18 bits per heavy atom. The van der Waals surface area contributed by atoms with Crippen LogP contribution in [0.1, 0.15) is 10.4 Å². The highest BCUT2D eigenvalue weighted by atomic mass is 35.5. The largest absolute Gasteiger partial charge is 0.507 e. The second-order valence-corrected chi connectivity index (χ2v) is 6.20. The average molecular weight is 407 g/mol. The molecule has 2 rings (SSSR count). The SMILES string of the molecule is COc1cccc(NC(=O)CN(C)C(=O)COC(=O)c2cc(Cl)ccc2O)c1. The number of aromatic hydroxyl groups is 1. The highest BCUT2D eigenvalue weighted by Crippen LogP contribution is 2.22. The number of phenolic OH excluding ortho intramolecular Hbond substituents is 1. The number of methoxy groups -OCH3 is 1. The Kier molecular flexibility index (Phi) is 7.22. The highest BCUT2D eigenvalue weighted by molar-refractivity contribution is 6.31. The van der Waals surface area contributed by atoms with Gasteiger partial charge in [-0.3, -0.25) is 9.59 Å². The van der Waals surface area contributed by atoms with Crippen LogP contribution in [0.15, 0.2) is 42.5 Å². The van der Waals surface area contributed by atoms with Crippen LogP contribution in [0.2, 0.25) is 5.02 Å². The number of carbonyl (C=O) groups is 3. The molecule has 0 saturated heterocycles. The smallest absolute Gasteiger partial charge is 0.342 e. The zero-order valence-electron chi connectivity index (χ0n) is 15.3. The van der Waals surface area contributed by atoms with Crippen molar-refractivity contribution in [1.29, 1.82) is 0 Å². The van der Waals surface area contributed by atoms with E-state index >= 15 is 0 Å². The number of amides is 2. The molecule has 28 heavy (non-hydrogen) atoms. The van der Waals surface area contributed by atoms with E-state index in [1.807, 2.05) is 0 Å². The van der Waals surface area contributed by atoms with Gasteiger partial charge >= 0.3 is 5.97 Å². The second kappa shape index (κ2) is 9.61. The lowest BCUT2D eigenvalue weighted by molar-refractivity contribution is -0.136. The number of rotatable bonds is 7. The van der Waals surface area contributed by atoms with Crippen molar-refractivity contribution in [3.05, 3.63) is 53.1 Å². The number of anilines is 1. The van der Waals surface area contributed by atoms with Gasteiger partial charge in [-0.05, 0) is 30.3 Å². The van der Waals surface area contributed by atoms with Gasteiger partial charge in [0.05, 0.1) is 13.7 Å². The standard InChI is InChI=1S/C19H19ClN2O6/c1-22(10-17(24)21-13-4-3-5-14(9-13)27-2)18(25)11-28-19(26)15-8-12(20)6-7-16(15)23/h3-9,23H,10-11H2,1-2H3,(H,21,24). The minimum atomic E-state index is -0.900. The number of nitrogens with zero attached hydrogens (tertiary/aromatic N) is 1. The van der Waals surface area contributed by atoms with Crippen molar-refractivity contribution in [2.75, 3.05) is 32.6 Å². The van der Waals surface area contributed by atoms with Gasteiger partial charge < -0.3 is 24.8 Å². The van der Waals surface area contributed by atoms with E-state index in [9.17, 15) is 19.5 Å². The Labute approximate surface area is 166 Å². The van der Waals surface area contributed by atoms with E-state index in [-0.39, 0.29) is 22.9 Å². The molecule has 9 heteroatoms. The van der Waals surface area contributed by atoms with E-state index in [0.717, 1.165) is 4.90 Å². The van der Waals surface area contributed by atoms with Gasteiger partial charge in [0.15, 0.2) is 6.61 Å². The molecule has 0 aliphatic heterocycles. The third-order valence-electron chi connectivity index (χ3n) is 3.67. The molecule has 0 aromatic heterocycles. The highest BCUT2D eigenvalue weighted by Gasteiger charge is 2.18. The van der Waals surface area contributed by atoms with Gasteiger partial charge in [0.1, 0.15) is 17.1 Å². The fourth-order valence-corrected chi connectivity index (χ4v) is 2.36. The van der Waals surface area contributed by atoms with Gasteiger partial charge in [0, 0.05) is 23.8 Å². The van der Waals surface area contributed by atoms with Gasteiger partial charge in [-0.2, -0.15) is 0 Å². The van der Waals surface area contributed by atoms with Gasteiger partial charge in [0.25, 0.3) is 5.91 Å². The van der Waals surface area contributed by atoms with Crippen molar-refractivity contribution in [3.63, 3.8) is 0 Å². The molecule has 2 amide bonds. The molecule has 2 aromatic carbocycles. The minimum absolute atomic E-state index is 0.154. The Bertz CT molecular complexity index is 886. The lowest BCUT2D eigenvalue weighted by Crippen LogP contribution is -2.37. The number of nitrogens with one attached hydrogen (secondary N) is 1. The first kappa shape index (κ1) is 21.0. The summed E-state index contributed by atoms with van der Waals surface area (Å²) in [5.41, 5.74) is 0.367. The first-order valence-electron chi connectivity index (χ1n) is 8.13. The summed E-state index contributed by atoms with van der Waals surface area (Å²) in [7, 11) is 2.91. The summed E-state index contributed by atoms with van der Waals surface area (Å²) in [6, 6.07) is 10.7. The maximum Gasteiger partial charge on any atom is 0.342 e. The van der Waals surface area contributed by atoms with Gasteiger partial charge in [-0.1, -0.05) is 17.7 Å². The summed E-state index contributed by atoms with van der Waals surface area (Å²) >= 11 is 5.77. The van der Waals surface area contributed by atoms with Gasteiger partial charge in [-0.25, -0.2) is 4.79 Å². The molecule has 0 heterocycles. The number of hydrogen-bond donors (Lipinski definition) is 2. The van der Waals surface area contributed by atoms with E-state index in [0.29, 0.717) is 11.4 Å². The monoisotopic (exact) mass is 406 g/mol. The van der Waals surface area contributed by atoms with E-state index in [1.54, 1.807) is 24.3 Å². The number of esters is 1. The van der Waals surface area contributed by atoms with Gasteiger partial charge in [-0.15, -0.1) is 0 Å². The molecule has 0 fully saturated rings. The van der Waals surface area contributed by atoms with Crippen LogP contribution in [0.3, 0.4) is 0 Å². The third-order valence-corrected chi connectivity index (χ3v) is 3.90. The number of halogens is 1. The van der Waals surface area contributed by atoms with Crippen molar-refractivity contribution < 1.29 is 29.0 Å². The molecule has 0 atom stereocenters. The summed E-state index contributed by atoms with van der Waals surface area (Å²) in [4.78, 5) is 37.2. The summed E-state index contributed by atoms with van der Waals surface area (Å²) in [6.45, 7) is -0.830. The summed E-state index contributed by atoms with van der Waals surface area (Å²) in [5.74, 6) is -1.65. The minimum Gasteiger partial charge on any atom is -0.507 e. The maximum atomic E-state index is 12.1. The van der Waals surface area contributed by atoms with Crippen molar-refractivity contribution in [3.8, 4) is 11.5 Å². The molecule has 0 bridgehead atoms. The van der Waals surface area contributed by atoms with E-state index in [2.05, 4.69) is 5.32 Å². The molecule has 0 saturated carbocycles. The molecule has 0 aliphatic rings. The number of ether oxygens (including phenoxy) is 2. The zero-order chi connectivity index (χ0) is 20.7. The maximum absolute atomic E-state index is 12.1. The lowest BCUT2D eigenvalue weighted by atomic mass is 10.2. The van der Waals surface area contributed by atoms with E-state index < -0.39 is 24.4 Å². The van der Waals surface area contributed by atoms with E-state index in [4.69, 9.17) is 21.1 Å². The summed E-state index contributed by atoms with van der Waals surface area (Å²) in [6.07, 6.45) is 0. The van der Waals surface area contributed by atoms with Crippen molar-refractivity contribution in [1.82, 2.24) is 4.90 Å². The zero-order valence-corrected chi connectivity index (χ0v) is 16.0. The molecular formula is C19H19ClN2O6. The number of hydrogen-bond acceptors (Lipinski definition) is 6. The first-order valence-corrected chi connectivity index (χ1v) is 8.51. The van der Waals surface area contributed by atoms with Crippen molar-refractivity contribution >= 4 is 35.1 Å². The van der Waals surface area contributed by atoms with Crippen LogP contribution >= 0.6 is 11.6 Å². The molecule has 2 N–H and O–H groups in total. The molecule has 0 unspecified atom stereocenters. The van der Waals surface area contributed by atoms with E-state index in [1.165, 1.54) is 32.4 Å². The molecule has 2 aromatic rings. The predicted octanol–water partition coefficient (Wildman–Crippen LogP) is 2.31. The Hall–Kier alpha value is -3.26. The Morgan fingerprint density at radius 3 is 2.64 bits per heavy atom.